The fourth-order valence-electron chi connectivity index (χ4n) is 3.77. The number of halogens is 4. The molecule has 15 heteroatoms. The van der Waals surface area contributed by atoms with Crippen molar-refractivity contribution in [3.05, 3.63) is 104 Å². The summed E-state index contributed by atoms with van der Waals surface area (Å²) < 4.78 is 70.0. The van der Waals surface area contributed by atoms with Gasteiger partial charge in [0.05, 0.1) is 45.3 Å². The zero-order chi connectivity index (χ0) is 32.2. The zero-order valence-corrected chi connectivity index (χ0v) is 24.0. The topological polar surface area (TPSA) is 127 Å². The van der Waals surface area contributed by atoms with Gasteiger partial charge in [0.25, 0.3) is 0 Å². The smallest absolute Gasteiger partial charge is 0.387 e. The van der Waals surface area contributed by atoms with Gasteiger partial charge in [0.2, 0.25) is 0 Å². The third-order valence-electron chi connectivity index (χ3n) is 5.92. The van der Waals surface area contributed by atoms with E-state index in [0.717, 1.165) is 21.0 Å². The van der Waals surface area contributed by atoms with E-state index in [1.807, 2.05) is 6.92 Å². The van der Waals surface area contributed by atoms with E-state index in [0.29, 0.717) is 29.2 Å². The number of aliphatic hydroxyl groups excluding tert-OH is 1. The highest BCUT2D eigenvalue weighted by atomic mass is 19.3. The van der Waals surface area contributed by atoms with Crippen molar-refractivity contribution in [1.82, 2.24) is 19.6 Å². The lowest BCUT2D eigenvalue weighted by atomic mass is 10.2. The van der Waals surface area contributed by atoms with Gasteiger partial charge in [0.15, 0.2) is 11.5 Å². The van der Waals surface area contributed by atoms with Gasteiger partial charge >= 0.3 is 24.3 Å². The molecule has 236 valence electrons. The average Bonchev–Trinajstić information content (AvgIpc) is 3.01. The van der Waals surface area contributed by atoms with E-state index in [-0.39, 0.29) is 18.8 Å². The molecular formula is C29H30F4N4O7. The molecule has 4 rings (SSSR count). The summed E-state index contributed by atoms with van der Waals surface area (Å²) in [5.41, 5.74) is 0.592. The van der Waals surface area contributed by atoms with Crippen LogP contribution in [0.4, 0.5) is 17.6 Å². The Kier molecular flexibility index (Phi) is 12.3. The molecule has 0 unspecified atom stereocenters. The minimum Gasteiger partial charge on any atom is -0.497 e. The van der Waals surface area contributed by atoms with Crippen molar-refractivity contribution < 1.29 is 41.6 Å². The highest BCUT2D eigenvalue weighted by molar-refractivity contribution is 5.29. The molecule has 0 spiro atoms. The Morgan fingerprint density at radius 1 is 0.705 bits per heavy atom. The van der Waals surface area contributed by atoms with Crippen molar-refractivity contribution in [2.24, 2.45) is 0 Å². The number of aromatic nitrogens is 4. The molecule has 0 aliphatic rings. The second-order valence-corrected chi connectivity index (χ2v) is 8.89. The molecule has 0 aliphatic heterocycles. The number of hydrogen-bond donors (Lipinski definition) is 1. The van der Waals surface area contributed by atoms with Crippen LogP contribution in [0.3, 0.4) is 0 Å². The molecule has 0 saturated heterocycles. The maximum atomic E-state index is 12.4. The van der Waals surface area contributed by atoms with Crippen LogP contribution < -0.4 is 30.1 Å². The fraction of sp³-hybridized carbons (Fsp3) is 0.310. The Morgan fingerprint density at radius 3 is 1.43 bits per heavy atom. The van der Waals surface area contributed by atoms with Gasteiger partial charge in [-0.25, -0.2) is 9.36 Å². The van der Waals surface area contributed by atoms with Crippen molar-refractivity contribution in [2.75, 3.05) is 14.2 Å². The monoisotopic (exact) mass is 622 g/mol. The molecule has 44 heavy (non-hydrogen) atoms. The van der Waals surface area contributed by atoms with Gasteiger partial charge in [0, 0.05) is 12.1 Å². The van der Waals surface area contributed by atoms with Crippen LogP contribution in [0, 0.1) is 0 Å². The average molecular weight is 623 g/mol. The molecule has 0 fully saturated rings. The third kappa shape index (κ3) is 9.55. The van der Waals surface area contributed by atoms with E-state index in [4.69, 9.17) is 14.6 Å². The van der Waals surface area contributed by atoms with E-state index >= 15 is 0 Å². The molecule has 0 radical (unpaired) electrons. The maximum absolute atomic E-state index is 12.4. The minimum absolute atomic E-state index is 0.0519. The normalized spacial score (nSPS) is 10.8. The van der Waals surface area contributed by atoms with Crippen LogP contribution in [0.2, 0.25) is 0 Å². The van der Waals surface area contributed by atoms with Crippen LogP contribution in [0.15, 0.2) is 70.3 Å². The number of aliphatic hydroxyl groups is 1. The molecule has 0 saturated carbocycles. The summed E-state index contributed by atoms with van der Waals surface area (Å²) in [6.07, 6.45) is 0.502. The quantitative estimate of drug-likeness (QED) is 0.235. The predicted molar refractivity (Wildman–Crippen MR) is 150 cm³/mol. The zero-order valence-electron chi connectivity index (χ0n) is 24.0. The van der Waals surface area contributed by atoms with Crippen LogP contribution in [-0.2, 0) is 26.1 Å². The third-order valence-corrected chi connectivity index (χ3v) is 5.92. The molecule has 2 aromatic carbocycles. The van der Waals surface area contributed by atoms with Crippen LogP contribution in [0.5, 0.6) is 23.0 Å². The molecular weight excluding hydrogens is 592 g/mol. The van der Waals surface area contributed by atoms with E-state index in [1.165, 1.54) is 13.2 Å². The standard InChI is InChI=1S/C15H16F2N2O3.C14H14F2N2O4/c1-3-11-8-13(22-15(16)17)14(20)19(18-11)9-10-4-6-12(21-2)7-5-10;1-21-11-4-2-9(3-5-11)7-18-13(20)12(22-14(15)16)6-10(8-19)17-18/h4-8,15H,3,9H2,1-2H3;2-6,14,19H,7-8H2,1H3. The maximum Gasteiger partial charge on any atom is 0.387 e. The van der Waals surface area contributed by atoms with Gasteiger partial charge in [-0.2, -0.15) is 27.8 Å². The SMILES string of the molecule is CCc1cc(OC(F)F)c(=O)n(Cc2ccc(OC)cc2)n1.COc1ccc(Cn2nc(CO)cc(OC(F)F)c2=O)cc1. The summed E-state index contributed by atoms with van der Waals surface area (Å²) in [6, 6.07) is 16.1. The lowest BCUT2D eigenvalue weighted by Crippen LogP contribution is -2.27. The van der Waals surface area contributed by atoms with E-state index in [2.05, 4.69) is 19.7 Å². The molecule has 0 bridgehead atoms. The number of methoxy groups -OCH3 is 2. The van der Waals surface area contributed by atoms with Crippen molar-refractivity contribution in [3.8, 4) is 23.0 Å². The Bertz CT molecular complexity index is 1490. The van der Waals surface area contributed by atoms with Crippen molar-refractivity contribution in [1.29, 1.82) is 0 Å². The first kappa shape index (κ1) is 33.6. The molecule has 1 N–H and O–H groups in total. The number of aryl methyl sites for hydroxylation is 1. The van der Waals surface area contributed by atoms with Crippen LogP contribution in [-0.4, -0.2) is 52.1 Å². The van der Waals surface area contributed by atoms with Crippen LogP contribution in [0.25, 0.3) is 0 Å². The molecule has 2 heterocycles. The lowest BCUT2D eigenvalue weighted by molar-refractivity contribution is -0.0520. The molecule has 11 nitrogen and oxygen atoms in total. The minimum atomic E-state index is -3.13. The number of rotatable bonds is 12. The van der Waals surface area contributed by atoms with Crippen molar-refractivity contribution in [3.63, 3.8) is 0 Å². The highest BCUT2D eigenvalue weighted by Crippen LogP contribution is 2.15. The van der Waals surface area contributed by atoms with Gasteiger partial charge in [-0.15, -0.1) is 0 Å². The summed E-state index contributed by atoms with van der Waals surface area (Å²) in [4.78, 5) is 24.2. The summed E-state index contributed by atoms with van der Waals surface area (Å²) >= 11 is 0. The molecule has 0 atom stereocenters. The van der Waals surface area contributed by atoms with Gasteiger partial charge in [-0.1, -0.05) is 31.2 Å². The number of ether oxygens (including phenoxy) is 4. The van der Waals surface area contributed by atoms with Gasteiger partial charge < -0.3 is 24.1 Å². The predicted octanol–water partition coefficient (Wildman–Crippen LogP) is 3.86. The number of nitrogens with zero attached hydrogens (tertiary/aromatic N) is 4. The Labute approximate surface area is 248 Å². The van der Waals surface area contributed by atoms with E-state index in [9.17, 15) is 27.2 Å². The molecule has 0 aliphatic carbocycles. The second-order valence-electron chi connectivity index (χ2n) is 8.89. The largest absolute Gasteiger partial charge is 0.497 e. The first-order chi connectivity index (χ1) is 21.1. The number of hydrogen-bond acceptors (Lipinski definition) is 9. The fourth-order valence-corrected chi connectivity index (χ4v) is 3.77. The van der Waals surface area contributed by atoms with Gasteiger partial charge in [-0.3, -0.25) is 9.59 Å². The molecule has 0 amide bonds. The summed E-state index contributed by atoms with van der Waals surface area (Å²) in [7, 11) is 3.08. The molecule has 2 aromatic heterocycles. The van der Waals surface area contributed by atoms with E-state index in [1.54, 1.807) is 55.6 Å². The van der Waals surface area contributed by atoms with Crippen LogP contribution >= 0.6 is 0 Å². The lowest BCUT2D eigenvalue weighted by Gasteiger charge is -2.11. The Hall–Kier alpha value is -4.92. The Morgan fingerprint density at radius 2 is 1.09 bits per heavy atom. The summed E-state index contributed by atoms with van der Waals surface area (Å²) in [5, 5.41) is 17.1. The molecule has 4 aromatic rings. The summed E-state index contributed by atoms with van der Waals surface area (Å²) in [6.45, 7) is -4.64. The van der Waals surface area contributed by atoms with E-state index < -0.39 is 42.4 Å². The highest BCUT2D eigenvalue weighted by Gasteiger charge is 2.15. The Balaban J connectivity index is 0.000000240. The number of alkyl halides is 4. The van der Waals surface area contributed by atoms with Crippen LogP contribution in [0.1, 0.15) is 29.4 Å². The van der Waals surface area contributed by atoms with Crippen molar-refractivity contribution in [2.45, 2.75) is 46.3 Å². The summed E-state index contributed by atoms with van der Waals surface area (Å²) in [5.74, 6) is 0.390. The first-order valence-electron chi connectivity index (χ1n) is 13.0. The van der Waals surface area contributed by atoms with Crippen molar-refractivity contribution >= 4 is 0 Å². The van der Waals surface area contributed by atoms with Gasteiger partial charge in [-0.05, 0) is 41.8 Å². The van der Waals surface area contributed by atoms with Gasteiger partial charge in [0.1, 0.15) is 11.5 Å². The first-order valence-corrected chi connectivity index (χ1v) is 13.0. The second kappa shape index (κ2) is 16.1. The number of benzene rings is 2.